The lowest BCUT2D eigenvalue weighted by molar-refractivity contribution is -0.111. The molecule has 23 heavy (non-hydrogen) atoms. The number of carbonyl (C=O) groups excluding carboxylic acids is 1. The quantitative estimate of drug-likeness (QED) is 0.629. The molecule has 0 bridgehead atoms. The van der Waals surface area contributed by atoms with E-state index in [1.165, 1.54) is 30.3 Å². The van der Waals surface area contributed by atoms with Crippen LogP contribution in [0.1, 0.15) is 18.9 Å². The smallest absolute Gasteiger partial charge is 0.248 e. The van der Waals surface area contributed by atoms with Gasteiger partial charge in [0.15, 0.2) is 0 Å². The third-order valence-corrected chi connectivity index (χ3v) is 3.03. The fourth-order valence-corrected chi connectivity index (χ4v) is 1.90. The molecule has 0 spiro atoms. The Morgan fingerprint density at radius 2 is 2.00 bits per heavy atom. The summed E-state index contributed by atoms with van der Waals surface area (Å²) in [5, 5.41) is 2.64. The second kappa shape index (κ2) is 7.98. The molecule has 2 rings (SSSR count). The number of halogens is 1. The predicted octanol–water partition coefficient (Wildman–Crippen LogP) is 3.85. The fraction of sp³-hybridized carbons (Fsp3) is 0.167. The number of benzene rings is 2. The average Bonchev–Trinajstić information content (AvgIpc) is 2.54. The Bertz CT molecular complexity index is 697. The van der Waals surface area contributed by atoms with Crippen LogP contribution in [0, 0.1) is 5.82 Å². The third-order valence-electron chi connectivity index (χ3n) is 3.03. The van der Waals surface area contributed by atoms with Gasteiger partial charge >= 0.3 is 0 Å². The SMILES string of the molecule is CCCOc1ccc(/C=C\C(=O)Nc2ccc(F)cc2)cc1N. The first kappa shape index (κ1) is 16.5. The van der Waals surface area contributed by atoms with Crippen LogP contribution in [-0.4, -0.2) is 12.5 Å². The maximum absolute atomic E-state index is 12.8. The van der Waals surface area contributed by atoms with Gasteiger partial charge < -0.3 is 15.8 Å². The van der Waals surface area contributed by atoms with Crippen molar-refractivity contribution in [3.63, 3.8) is 0 Å². The molecule has 2 aromatic carbocycles. The number of hydrogen-bond acceptors (Lipinski definition) is 3. The zero-order chi connectivity index (χ0) is 16.7. The Kier molecular flexibility index (Phi) is 5.74. The molecular formula is C18H19FN2O2. The molecule has 0 heterocycles. The minimum absolute atomic E-state index is 0.304. The summed E-state index contributed by atoms with van der Waals surface area (Å²) in [6.45, 7) is 2.63. The van der Waals surface area contributed by atoms with E-state index >= 15 is 0 Å². The van der Waals surface area contributed by atoms with Gasteiger partial charge in [-0.3, -0.25) is 4.79 Å². The van der Waals surface area contributed by atoms with Gasteiger partial charge in [0.2, 0.25) is 5.91 Å². The minimum Gasteiger partial charge on any atom is -0.491 e. The zero-order valence-corrected chi connectivity index (χ0v) is 12.9. The van der Waals surface area contributed by atoms with Gasteiger partial charge in [0.25, 0.3) is 0 Å². The van der Waals surface area contributed by atoms with Crippen LogP contribution in [0.3, 0.4) is 0 Å². The topological polar surface area (TPSA) is 64.3 Å². The second-order valence-electron chi connectivity index (χ2n) is 4.98. The van der Waals surface area contributed by atoms with Gasteiger partial charge in [0.05, 0.1) is 12.3 Å². The summed E-state index contributed by atoms with van der Waals surface area (Å²) in [6.07, 6.45) is 3.95. The minimum atomic E-state index is -0.348. The van der Waals surface area contributed by atoms with Gasteiger partial charge in [0.1, 0.15) is 11.6 Å². The van der Waals surface area contributed by atoms with Crippen molar-refractivity contribution in [2.24, 2.45) is 0 Å². The summed E-state index contributed by atoms with van der Waals surface area (Å²) in [5.41, 5.74) is 7.76. The van der Waals surface area contributed by atoms with E-state index in [-0.39, 0.29) is 11.7 Å². The van der Waals surface area contributed by atoms with Gasteiger partial charge in [-0.1, -0.05) is 13.0 Å². The summed E-state index contributed by atoms with van der Waals surface area (Å²) in [5.74, 6) is -0.0133. The number of nitrogen functional groups attached to an aromatic ring is 1. The molecule has 0 saturated carbocycles. The first-order chi connectivity index (χ1) is 11.1. The van der Waals surface area contributed by atoms with E-state index in [9.17, 15) is 9.18 Å². The molecule has 1 amide bonds. The molecule has 0 aliphatic carbocycles. The monoisotopic (exact) mass is 314 g/mol. The van der Waals surface area contributed by atoms with Crippen molar-refractivity contribution < 1.29 is 13.9 Å². The standard InChI is InChI=1S/C18H19FN2O2/c1-2-11-23-17-9-3-13(12-16(17)20)4-10-18(22)21-15-7-5-14(19)6-8-15/h3-10,12H,2,11,20H2,1H3,(H,21,22)/b10-4-. The van der Waals surface area contributed by atoms with Gasteiger partial charge in [-0.2, -0.15) is 0 Å². The van der Waals surface area contributed by atoms with Crippen molar-refractivity contribution in [2.45, 2.75) is 13.3 Å². The number of nitrogens with one attached hydrogen (secondary N) is 1. The molecule has 0 aliphatic heterocycles. The molecule has 120 valence electrons. The zero-order valence-electron chi connectivity index (χ0n) is 12.9. The average molecular weight is 314 g/mol. The lowest BCUT2D eigenvalue weighted by Crippen LogP contribution is -2.07. The van der Waals surface area contributed by atoms with E-state index in [0.717, 1.165) is 12.0 Å². The fourth-order valence-electron chi connectivity index (χ4n) is 1.90. The van der Waals surface area contributed by atoms with E-state index in [1.54, 1.807) is 18.2 Å². The Hall–Kier alpha value is -2.82. The van der Waals surface area contributed by atoms with Crippen molar-refractivity contribution >= 4 is 23.4 Å². The lowest BCUT2D eigenvalue weighted by Gasteiger charge is -2.08. The van der Waals surface area contributed by atoms with Gasteiger partial charge in [-0.25, -0.2) is 4.39 Å². The van der Waals surface area contributed by atoms with Crippen LogP contribution in [0.4, 0.5) is 15.8 Å². The van der Waals surface area contributed by atoms with Gasteiger partial charge in [-0.15, -0.1) is 0 Å². The highest BCUT2D eigenvalue weighted by atomic mass is 19.1. The van der Waals surface area contributed by atoms with Gasteiger partial charge in [0, 0.05) is 11.8 Å². The van der Waals surface area contributed by atoms with Crippen molar-refractivity contribution in [1.29, 1.82) is 0 Å². The number of amides is 1. The van der Waals surface area contributed by atoms with Crippen molar-refractivity contribution in [2.75, 3.05) is 17.7 Å². The van der Waals surface area contributed by atoms with E-state index in [1.807, 2.05) is 13.0 Å². The largest absolute Gasteiger partial charge is 0.491 e. The van der Waals surface area contributed by atoms with Gasteiger partial charge in [-0.05, 0) is 54.5 Å². The molecule has 0 unspecified atom stereocenters. The highest BCUT2D eigenvalue weighted by Gasteiger charge is 2.02. The van der Waals surface area contributed by atoms with Crippen molar-refractivity contribution in [3.05, 3.63) is 59.9 Å². The first-order valence-electron chi connectivity index (χ1n) is 7.35. The Labute approximate surface area is 134 Å². The number of ether oxygens (including phenoxy) is 1. The highest BCUT2D eigenvalue weighted by molar-refractivity contribution is 6.01. The molecular weight excluding hydrogens is 295 g/mol. The third kappa shape index (κ3) is 5.14. The number of nitrogens with two attached hydrogens (primary N) is 1. The van der Waals surface area contributed by atoms with Crippen molar-refractivity contribution in [1.82, 2.24) is 0 Å². The van der Waals surface area contributed by atoms with Crippen LogP contribution in [0.15, 0.2) is 48.5 Å². The Morgan fingerprint density at radius 1 is 1.26 bits per heavy atom. The second-order valence-corrected chi connectivity index (χ2v) is 4.98. The molecule has 4 nitrogen and oxygen atoms in total. The molecule has 0 aromatic heterocycles. The summed E-state index contributed by atoms with van der Waals surface area (Å²) >= 11 is 0. The predicted molar refractivity (Wildman–Crippen MR) is 90.7 cm³/mol. The molecule has 0 saturated heterocycles. The normalized spacial score (nSPS) is 10.7. The van der Waals surface area contributed by atoms with E-state index in [0.29, 0.717) is 23.7 Å². The summed E-state index contributed by atoms with van der Waals surface area (Å²) < 4.78 is 18.3. The van der Waals surface area contributed by atoms with Crippen LogP contribution in [-0.2, 0) is 4.79 Å². The molecule has 0 aliphatic rings. The maximum Gasteiger partial charge on any atom is 0.248 e. The van der Waals surface area contributed by atoms with Crippen LogP contribution in [0.5, 0.6) is 5.75 Å². The van der Waals surface area contributed by atoms with Crippen LogP contribution in [0.2, 0.25) is 0 Å². The number of rotatable bonds is 6. The number of anilines is 2. The van der Waals surface area contributed by atoms with Crippen LogP contribution >= 0.6 is 0 Å². The molecule has 0 fully saturated rings. The molecule has 3 N–H and O–H groups in total. The van der Waals surface area contributed by atoms with E-state index < -0.39 is 0 Å². The molecule has 0 atom stereocenters. The summed E-state index contributed by atoms with van der Waals surface area (Å²) in [4.78, 5) is 11.8. The number of hydrogen-bond donors (Lipinski definition) is 2. The molecule has 5 heteroatoms. The van der Waals surface area contributed by atoms with Crippen molar-refractivity contribution in [3.8, 4) is 5.75 Å². The first-order valence-corrected chi connectivity index (χ1v) is 7.35. The molecule has 0 radical (unpaired) electrons. The number of carbonyl (C=O) groups is 1. The molecule has 2 aromatic rings. The van der Waals surface area contributed by atoms with Crippen LogP contribution < -0.4 is 15.8 Å². The van der Waals surface area contributed by atoms with E-state index in [4.69, 9.17) is 10.5 Å². The maximum atomic E-state index is 12.8. The Balaban J connectivity index is 1.97. The summed E-state index contributed by atoms with van der Waals surface area (Å²) in [6, 6.07) is 10.9. The summed E-state index contributed by atoms with van der Waals surface area (Å²) in [7, 11) is 0. The van der Waals surface area contributed by atoms with E-state index in [2.05, 4.69) is 5.32 Å². The Morgan fingerprint density at radius 3 is 2.65 bits per heavy atom. The van der Waals surface area contributed by atoms with Crippen LogP contribution in [0.25, 0.3) is 6.08 Å². The lowest BCUT2D eigenvalue weighted by atomic mass is 10.1. The highest BCUT2D eigenvalue weighted by Crippen LogP contribution is 2.23.